The lowest BCUT2D eigenvalue weighted by Gasteiger charge is -2.18. The molecule has 0 fully saturated rings. The van der Waals surface area contributed by atoms with Crippen LogP contribution in [0, 0.1) is 0 Å². The zero-order valence-electron chi connectivity index (χ0n) is 8.39. The predicted octanol–water partition coefficient (Wildman–Crippen LogP) is 1.94. The van der Waals surface area contributed by atoms with Gasteiger partial charge < -0.3 is 5.11 Å². The molecule has 0 aliphatic rings. The summed E-state index contributed by atoms with van der Waals surface area (Å²) in [6.45, 7) is 2.91. The smallest absolute Gasteiger partial charge is 0.323 e. The lowest BCUT2D eigenvalue weighted by atomic mass is 10.2. The molecule has 1 aromatic rings. The maximum atomic E-state index is 11.4. The van der Waals surface area contributed by atoms with Gasteiger partial charge in [0.2, 0.25) is 0 Å². The number of hydrogen-bond donors (Lipinski definition) is 1. The molecule has 0 unspecified atom stereocenters. The van der Waals surface area contributed by atoms with E-state index in [4.69, 9.17) is 16.7 Å². The minimum absolute atomic E-state index is 0.410. The fourth-order valence-electron chi connectivity index (χ4n) is 1.16. The number of rotatable bonds is 4. The Balaban J connectivity index is 3.00. The first-order valence-electron chi connectivity index (χ1n) is 4.46. The van der Waals surface area contributed by atoms with Crippen LogP contribution in [0.1, 0.15) is 0 Å². The van der Waals surface area contributed by atoms with E-state index in [2.05, 4.69) is 6.58 Å². The Kier molecular flexibility index (Phi) is 4.08. The lowest BCUT2D eigenvalue weighted by Crippen LogP contribution is -2.34. The Bertz CT molecular complexity index is 414. The Morgan fingerprint density at radius 3 is 2.38 bits per heavy atom. The van der Waals surface area contributed by atoms with Crippen LogP contribution in [-0.4, -0.2) is 23.5 Å². The summed E-state index contributed by atoms with van der Waals surface area (Å²) >= 11 is 5.70. The van der Waals surface area contributed by atoms with Gasteiger partial charge in [-0.15, -0.1) is 0 Å². The number of carbonyl (C=O) groups is 2. The molecule has 16 heavy (non-hydrogen) atoms. The van der Waals surface area contributed by atoms with E-state index in [0.717, 1.165) is 11.0 Å². The molecule has 1 rings (SSSR count). The SMILES string of the molecule is C=CC(=O)N(CC(=O)O)c1ccc(Cl)cc1. The second kappa shape index (κ2) is 5.32. The van der Waals surface area contributed by atoms with Crippen LogP contribution in [0.25, 0.3) is 0 Å². The topological polar surface area (TPSA) is 57.6 Å². The first kappa shape index (κ1) is 12.3. The summed E-state index contributed by atoms with van der Waals surface area (Å²) in [4.78, 5) is 23.2. The van der Waals surface area contributed by atoms with E-state index in [1.807, 2.05) is 0 Å². The highest BCUT2D eigenvalue weighted by Crippen LogP contribution is 2.18. The zero-order valence-corrected chi connectivity index (χ0v) is 9.15. The molecule has 0 aliphatic heterocycles. The first-order valence-corrected chi connectivity index (χ1v) is 4.83. The maximum absolute atomic E-state index is 11.4. The average Bonchev–Trinajstić information content (AvgIpc) is 2.26. The molecule has 0 radical (unpaired) electrons. The summed E-state index contributed by atoms with van der Waals surface area (Å²) < 4.78 is 0. The molecule has 0 bridgehead atoms. The molecule has 0 aromatic heterocycles. The van der Waals surface area contributed by atoms with E-state index in [1.165, 1.54) is 0 Å². The minimum atomic E-state index is -1.09. The largest absolute Gasteiger partial charge is 0.480 e. The summed E-state index contributed by atoms with van der Waals surface area (Å²) in [5.41, 5.74) is 0.469. The quantitative estimate of drug-likeness (QED) is 0.817. The summed E-state index contributed by atoms with van der Waals surface area (Å²) in [5.74, 6) is -1.56. The van der Waals surface area contributed by atoms with E-state index < -0.39 is 18.4 Å². The van der Waals surface area contributed by atoms with Gasteiger partial charge in [-0.2, -0.15) is 0 Å². The van der Waals surface area contributed by atoms with Gasteiger partial charge in [0.05, 0.1) is 0 Å². The van der Waals surface area contributed by atoms with Crippen LogP contribution in [0.2, 0.25) is 5.02 Å². The Morgan fingerprint density at radius 2 is 1.94 bits per heavy atom. The van der Waals surface area contributed by atoms with Crippen molar-refractivity contribution in [1.29, 1.82) is 0 Å². The molecule has 0 atom stereocenters. The molecule has 1 aromatic carbocycles. The molecule has 1 amide bonds. The van der Waals surface area contributed by atoms with E-state index in [-0.39, 0.29) is 0 Å². The van der Waals surface area contributed by atoms with Crippen LogP contribution >= 0.6 is 11.6 Å². The van der Waals surface area contributed by atoms with Crippen molar-refractivity contribution in [2.45, 2.75) is 0 Å². The molecule has 0 saturated carbocycles. The normalized spacial score (nSPS) is 9.56. The van der Waals surface area contributed by atoms with Gasteiger partial charge in [0, 0.05) is 10.7 Å². The highest BCUT2D eigenvalue weighted by Gasteiger charge is 2.15. The number of anilines is 1. The third-order valence-electron chi connectivity index (χ3n) is 1.87. The summed E-state index contributed by atoms with van der Waals surface area (Å²) in [6, 6.07) is 6.32. The highest BCUT2D eigenvalue weighted by atomic mass is 35.5. The summed E-state index contributed by atoms with van der Waals surface area (Å²) in [6.07, 6.45) is 1.07. The van der Waals surface area contributed by atoms with Crippen molar-refractivity contribution >= 4 is 29.2 Å². The summed E-state index contributed by atoms with van der Waals surface area (Å²) in [7, 11) is 0. The molecule has 5 heteroatoms. The number of nitrogens with zero attached hydrogens (tertiary/aromatic N) is 1. The lowest BCUT2D eigenvalue weighted by molar-refractivity contribution is -0.136. The van der Waals surface area contributed by atoms with Gasteiger partial charge in [-0.3, -0.25) is 14.5 Å². The maximum Gasteiger partial charge on any atom is 0.323 e. The number of carboxylic acid groups (broad SMARTS) is 1. The van der Waals surface area contributed by atoms with Gasteiger partial charge in [-0.25, -0.2) is 0 Å². The molecule has 0 heterocycles. The molecule has 84 valence electrons. The van der Waals surface area contributed by atoms with Crippen LogP contribution in [0.5, 0.6) is 0 Å². The zero-order chi connectivity index (χ0) is 12.1. The number of carbonyl (C=O) groups excluding carboxylic acids is 1. The number of carboxylic acids is 1. The van der Waals surface area contributed by atoms with Crippen LogP contribution in [-0.2, 0) is 9.59 Å². The molecule has 0 spiro atoms. The number of hydrogen-bond acceptors (Lipinski definition) is 2. The van der Waals surface area contributed by atoms with Crippen molar-refractivity contribution in [2.24, 2.45) is 0 Å². The molecule has 1 N–H and O–H groups in total. The average molecular weight is 240 g/mol. The van der Waals surface area contributed by atoms with Crippen LogP contribution in [0.15, 0.2) is 36.9 Å². The van der Waals surface area contributed by atoms with Gasteiger partial charge in [0.15, 0.2) is 0 Å². The fourth-order valence-corrected chi connectivity index (χ4v) is 1.29. The third-order valence-corrected chi connectivity index (χ3v) is 2.12. The van der Waals surface area contributed by atoms with E-state index >= 15 is 0 Å². The molecule has 4 nitrogen and oxygen atoms in total. The highest BCUT2D eigenvalue weighted by molar-refractivity contribution is 6.30. The van der Waals surface area contributed by atoms with Gasteiger partial charge in [0.1, 0.15) is 6.54 Å². The number of benzene rings is 1. The Labute approximate surface area is 97.7 Å². The van der Waals surface area contributed by atoms with Gasteiger partial charge in [-0.1, -0.05) is 18.2 Å². The molecule has 0 saturated heterocycles. The second-order valence-corrected chi connectivity index (χ2v) is 3.44. The van der Waals surface area contributed by atoms with Crippen LogP contribution in [0.3, 0.4) is 0 Å². The fraction of sp³-hybridized carbons (Fsp3) is 0.0909. The standard InChI is InChI=1S/C11H10ClNO3/c1-2-10(14)13(7-11(15)16)9-5-3-8(12)4-6-9/h2-6H,1,7H2,(H,15,16). The molecular formula is C11H10ClNO3. The number of amides is 1. The van der Waals surface area contributed by atoms with Crippen molar-refractivity contribution in [3.63, 3.8) is 0 Å². The Hall–Kier alpha value is -1.81. The monoisotopic (exact) mass is 239 g/mol. The van der Waals surface area contributed by atoms with E-state index in [1.54, 1.807) is 24.3 Å². The van der Waals surface area contributed by atoms with Crippen LogP contribution < -0.4 is 4.90 Å². The first-order chi connectivity index (χ1) is 7.54. The van der Waals surface area contributed by atoms with Crippen molar-refractivity contribution in [2.75, 3.05) is 11.4 Å². The van der Waals surface area contributed by atoms with Gasteiger partial charge in [0.25, 0.3) is 5.91 Å². The van der Waals surface area contributed by atoms with Gasteiger partial charge >= 0.3 is 5.97 Å². The molecule has 0 aliphatic carbocycles. The minimum Gasteiger partial charge on any atom is -0.480 e. The van der Waals surface area contributed by atoms with E-state index in [0.29, 0.717) is 10.7 Å². The third kappa shape index (κ3) is 3.10. The van der Waals surface area contributed by atoms with Crippen molar-refractivity contribution in [3.8, 4) is 0 Å². The predicted molar refractivity (Wildman–Crippen MR) is 61.6 cm³/mol. The number of aliphatic carboxylic acids is 1. The number of halogens is 1. The van der Waals surface area contributed by atoms with Crippen molar-refractivity contribution in [3.05, 3.63) is 41.9 Å². The Morgan fingerprint density at radius 1 is 1.38 bits per heavy atom. The second-order valence-electron chi connectivity index (χ2n) is 3.00. The van der Waals surface area contributed by atoms with E-state index in [9.17, 15) is 9.59 Å². The van der Waals surface area contributed by atoms with Crippen molar-refractivity contribution < 1.29 is 14.7 Å². The molecular weight excluding hydrogens is 230 g/mol. The van der Waals surface area contributed by atoms with Crippen molar-refractivity contribution in [1.82, 2.24) is 0 Å². The summed E-state index contributed by atoms with van der Waals surface area (Å²) in [5, 5.41) is 9.21. The van der Waals surface area contributed by atoms with Gasteiger partial charge in [-0.05, 0) is 30.3 Å². The van der Waals surface area contributed by atoms with Crippen LogP contribution in [0.4, 0.5) is 5.69 Å².